The van der Waals surface area contributed by atoms with E-state index < -0.39 is 5.60 Å². The van der Waals surface area contributed by atoms with Crippen LogP contribution in [0.4, 0.5) is 5.69 Å². The second-order valence-electron chi connectivity index (χ2n) is 4.77. The van der Waals surface area contributed by atoms with Crippen molar-refractivity contribution in [3.63, 3.8) is 0 Å². The van der Waals surface area contributed by atoms with Gasteiger partial charge in [0.1, 0.15) is 0 Å². The average Bonchev–Trinajstić information content (AvgIpc) is 2.74. The van der Waals surface area contributed by atoms with Gasteiger partial charge in [-0.1, -0.05) is 18.2 Å². The second-order valence-corrected chi connectivity index (χ2v) is 4.77. The Kier molecular flexibility index (Phi) is 2.37. The van der Waals surface area contributed by atoms with Gasteiger partial charge in [0.05, 0.1) is 11.6 Å². The molecule has 2 aliphatic heterocycles. The minimum atomic E-state index is -0.600. The maximum atomic E-state index is 10.6. The highest BCUT2D eigenvalue weighted by Crippen LogP contribution is 2.35. The highest BCUT2D eigenvalue weighted by atomic mass is 16.5. The van der Waals surface area contributed by atoms with Gasteiger partial charge >= 0.3 is 0 Å². The van der Waals surface area contributed by atoms with Gasteiger partial charge in [-0.25, -0.2) is 0 Å². The monoisotopic (exact) mass is 219 g/mol. The Bertz CT molecular complexity index is 360. The molecule has 1 aromatic rings. The molecule has 0 aromatic heterocycles. The predicted molar refractivity (Wildman–Crippen MR) is 62.6 cm³/mol. The van der Waals surface area contributed by atoms with Gasteiger partial charge in [-0.3, -0.25) is 0 Å². The lowest BCUT2D eigenvalue weighted by atomic mass is 9.85. The minimum Gasteiger partial charge on any atom is -0.388 e. The number of hydrogen-bond donors (Lipinski definition) is 2. The molecule has 2 N–H and O–H groups in total. The summed E-state index contributed by atoms with van der Waals surface area (Å²) in [6.45, 7) is 1.34. The standard InChI is InChI=1S/C13H17NO2/c15-13(5-7-16-8-6-13)12-9-10-3-1-2-4-11(10)14-12/h1-4,12,14-15H,5-9H2. The van der Waals surface area contributed by atoms with Gasteiger partial charge in [-0.05, 0) is 18.1 Å². The van der Waals surface area contributed by atoms with E-state index in [1.165, 1.54) is 11.3 Å². The van der Waals surface area contributed by atoms with Gasteiger partial charge in [0.15, 0.2) is 0 Å². The van der Waals surface area contributed by atoms with Crippen LogP contribution in [0.25, 0.3) is 0 Å². The largest absolute Gasteiger partial charge is 0.388 e. The highest BCUT2D eigenvalue weighted by Gasteiger charge is 2.41. The van der Waals surface area contributed by atoms with Crippen LogP contribution in [0.5, 0.6) is 0 Å². The molecule has 0 aliphatic carbocycles. The molecular weight excluding hydrogens is 202 g/mol. The van der Waals surface area contributed by atoms with E-state index >= 15 is 0 Å². The molecule has 1 saturated heterocycles. The highest BCUT2D eigenvalue weighted by molar-refractivity contribution is 5.57. The maximum Gasteiger partial charge on any atom is 0.0894 e. The van der Waals surface area contributed by atoms with E-state index in [1.54, 1.807) is 0 Å². The molecule has 0 amide bonds. The second kappa shape index (κ2) is 3.75. The van der Waals surface area contributed by atoms with Crippen LogP contribution in [-0.2, 0) is 11.2 Å². The summed E-state index contributed by atoms with van der Waals surface area (Å²) in [6, 6.07) is 8.44. The summed E-state index contributed by atoms with van der Waals surface area (Å²) in [5, 5.41) is 14.0. The SMILES string of the molecule is OC1(C2Cc3ccccc3N2)CCOCC1. The Morgan fingerprint density at radius 3 is 2.75 bits per heavy atom. The minimum absolute atomic E-state index is 0.147. The van der Waals surface area contributed by atoms with E-state index in [0.29, 0.717) is 13.2 Å². The van der Waals surface area contributed by atoms with Crippen molar-refractivity contribution < 1.29 is 9.84 Å². The lowest BCUT2D eigenvalue weighted by molar-refractivity contribution is -0.0729. The van der Waals surface area contributed by atoms with Crippen molar-refractivity contribution >= 4 is 5.69 Å². The molecule has 3 rings (SSSR count). The Morgan fingerprint density at radius 2 is 2.00 bits per heavy atom. The zero-order valence-electron chi connectivity index (χ0n) is 9.28. The van der Waals surface area contributed by atoms with Crippen LogP contribution in [0.15, 0.2) is 24.3 Å². The Morgan fingerprint density at radius 1 is 1.25 bits per heavy atom. The number of para-hydroxylation sites is 1. The van der Waals surface area contributed by atoms with Crippen LogP contribution >= 0.6 is 0 Å². The van der Waals surface area contributed by atoms with Gasteiger partial charge in [0.2, 0.25) is 0 Å². The third-order valence-corrected chi connectivity index (χ3v) is 3.78. The quantitative estimate of drug-likeness (QED) is 0.753. The fourth-order valence-electron chi connectivity index (χ4n) is 2.70. The van der Waals surface area contributed by atoms with Crippen LogP contribution in [0.3, 0.4) is 0 Å². The lowest BCUT2D eigenvalue weighted by Gasteiger charge is -2.37. The number of ether oxygens (including phenoxy) is 1. The van der Waals surface area contributed by atoms with E-state index in [2.05, 4.69) is 23.5 Å². The van der Waals surface area contributed by atoms with E-state index in [-0.39, 0.29) is 6.04 Å². The first-order valence-electron chi connectivity index (χ1n) is 5.92. The van der Waals surface area contributed by atoms with Crippen LogP contribution < -0.4 is 5.32 Å². The molecule has 0 bridgehead atoms. The van der Waals surface area contributed by atoms with Crippen molar-refractivity contribution in [3.05, 3.63) is 29.8 Å². The summed E-state index contributed by atoms with van der Waals surface area (Å²) in [4.78, 5) is 0. The first-order valence-corrected chi connectivity index (χ1v) is 5.92. The summed E-state index contributed by atoms with van der Waals surface area (Å²) in [6.07, 6.45) is 2.39. The third kappa shape index (κ3) is 1.60. The van der Waals surface area contributed by atoms with Crippen LogP contribution in [0.2, 0.25) is 0 Å². The zero-order valence-corrected chi connectivity index (χ0v) is 9.28. The molecule has 2 aliphatic rings. The molecule has 2 heterocycles. The Balaban J connectivity index is 1.80. The van der Waals surface area contributed by atoms with Gasteiger partial charge < -0.3 is 15.2 Å². The molecular formula is C13H17NO2. The molecule has 1 unspecified atom stereocenters. The molecule has 0 spiro atoms. The maximum absolute atomic E-state index is 10.6. The lowest BCUT2D eigenvalue weighted by Crippen LogP contribution is -2.49. The predicted octanol–water partition coefficient (Wildman–Crippen LogP) is 1.56. The fraction of sp³-hybridized carbons (Fsp3) is 0.538. The van der Waals surface area contributed by atoms with Crippen molar-refractivity contribution in [2.24, 2.45) is 0 Å². The number of nitrogens with one attached hydrogen (secondary N) is 1. The number of hydrogen-bond acceptors (Lipinski definition) is 3. The number of benzene rings is 1. The molecule has 0 saturated carbocycles. The first-order chi connectivity index (χ1) is 7.78. The van der Waals surface area contributed by atoms with Crippen molar-refractivity contribution in [1.82, 2.24) is 0 Å². The number of rotatable bonds is 1. The third-order valence-electron chi connectivity index (χ3n) is 3.78. The molecule has 3 heteroatoms. The summed E-state index contributed by atoms with van der Waals surface area (Å²) in [5.74, 6) is 0. The van der Waals surface area contributed by atoms with Crippen molar-refractivity contribution in [2.45, 2.75) is 30.9 Å². The van der Waals surface area contributed by atoms with Gasteiger partial charge in [0.25, 0.3) is 0 Å². The summed E-state index contributed by atoms with van der Waals surface area (Å²) < 4.78 is 5.31. The van der Waals surface area contributed by atoms with Gasteiger partial charge in [0, 0.05) is 31.7 Å². The summed E-state index contributed by atoms with van der Waals surface area (Å²) >= 11 is 0. The van der Waals surface area contributed by atoms with Crippen LogP contribution in [-0.4, -0.2) is 30.0 Å². The van der Waals surface area contributed by atoms with E-state index in [4.69, 9.17) is 4.74 Å². The normalized spacial score (nSPS) is 27.2. The molecule has 3 nitrogen and oxygen atoms in total. The number of anilines is 1. The molecule has 1 atom stereocenters. The zero-order chi connectivity index (χ0) is 11.0. The van der Waals surface area contributed by atoms with E-state index in [0.717, 1.165) is 19.3 Å². The Labute approximate surface area is 95.4 Å². The van der Waals surface area contributed by atoms with Gasteiger partial charge in [-0.15, -0.1) is 0 Å². The van der Waals surface area contributed by atoms with Crippen molar-refractivity contribution in [3.8, 4) is 0 Å². The smallest absolute Gasteiger partial charge is 0.0894 e. The van der Waals surface area contributed by atoms with Crippen molar-refractivity contribution in [1.29, 1.82) is 0 Å². The molecule has 16 heavy (non-hydrogen) atoms. The van der Waals surface area contributed by atoms with E-state index in [9.17, 15) is 5.11 Å². The van der Waals surface area contributed by atoms with Crippen LogP contribution in [0.1, 0.15) is 18.4 Å². The molecule has 86 valence electrons. The average molecular weight is 219 g/mol. The molecule has 1 aromatic carbocycles. The Hall–Kier alpha value is -1.06. The first kappa shape index (κ1) is 10.1. The number of fused-ring (bicyclic) bond motifs is 1. The molecule has 1 fully saturated rings. The van der Waals surface area contributed by atoms with Gasteiger partial charge in [-0.2, -0.15) is 0 Å². The topological polar surface area (TPSA) is 41.5 Å². The van der Waals surface area contributed by atoms with Crippen LogP contribution in [0, 0.1) is 0 Å². The summed E-state index contributed by atoms with van der Waals surface area (Å²) in [5.41, 5.74) is 1.89. The summed E-state index contributed by atoms with van der Waals surface area (Å²) in [7, 11) is 0. The fourth-order valence-corrected chi connectivity index (χ4v) is 2.70. The van der Waals surface area contributed by atoms with E-state index in [1.807, 2.05) is 6.07 Å². The van der Waals surface area contributed by atoms with Crippen molar-refractivity contribution in [2.75, 3.05) is 18.5 Å². The number of aliphatic hydroxyl groups is 1. The molecule has 0 radical (unpaired) electrons.